The minimum atomic E-state index is 0.227. The van der Waals surface area contributed by atoms with Crippen LogP contribution < -0.4 is 0 Å². The van der Waals surface area contributed by atoms with Crippen LogP contribution in [-0.4, -0.2) is 5.78 Å². The van der Waals surface area contributed by atoms with Crippen LogP contribution in [0.15, 0.2) is 35.5 Å². The quantitative estimate of drug-likeness (QED) is 0.464. The van der Waals surface area contributed by atoms with Crippen molar-refractivity contribution >= 4 is 5.78 Å². The third kappa shape index (κ3) is 12.7. The summed E-state index contributed by atoms with van der Waals surface area (Å²) in [5.74, 6) is 6.47. The van der Waals surface area contributed by atoms with E-state index in [0.29, 0.717) is 6.42 Å². The normalized spacial score (nSPS) is 10.4. The summed E-state index contributed by atoms with van der Waals surface area (Å²) in [5, 5.41) is 0. The largest absolute Gasteiger partial charge is 0.300 e. The van der Waals surface area contributed by atoms with Gasteiger partial charge in [0.15, 0.2) is 0 Å². The van der Waals surface area contributed by atoms with Crippen LogP contribution in [-0.2, 0) is 4.79 Å². The lowest BCUT2D eigenvalue weighted by Crippen LogP contribution is -1.87. The van der Waals surface area contributed by atoms with Crippen molar-refractivity contribution < 1.29 is 4.79 Å². The molecule has 104 valence electrons. The van der Waals surface area contributed by atoms with Crippen LogP contribution in [0, 0.1) is 11.8 Å². The molecule has 0 saturated heterocycles. The number of rotatable bonds is 7. The first-order valence-electron chi connectivity index (χ1n) is 6.87. The Hall–Kier alpha value is -1.55. The van der Waals surface area contributed by atoms with Crippen LogP contribution in [0.25, 0.3) is 0 Å². The van der Waals surface area contributed by atoms with Crippen LogP contribution in [0.1, 0.15) is 59.8 Å². The highest BCUT2D eigenvalue weighted by atomic mass is 16.1. The van der Waals surface area contributed by atoms with E-state index in [1.54, 1.807) is 6.92 Å². The molecule has 0 aromatic carbocycles. The summed E-state index contributed by atoms with van der Waals surface area (Å²) < 4.78 is 0. The van der Waals surface area contributed by atoms with E-state index in [0.717, 1.165) is 31.3 Å². The molecule has 0 unspecified atom stereocenters. The molecule has 0 N–H and O–H groups in total. The molecular formula is C18H26O. The van der Waals surface area contributed by atoms with Gasteiger partial charge < -0.3 is 4.79 Å². The molecule has 1 heteroatoms. The molecule has 0 bridgehead atoms. The molecule has 0 aromatic rings. The molecule has 0 aliphatic heterocycles. The smallest absolute Gasteiger partial charge is 0.130 e. The van der Waals surface area contributed by atoms with Crippen LogP contribution >= 0.6 is 0 Å². The summed E-state index contributed by atoms with van der Waals surface area (Å²) in [6, 6.07) is 0. The first kappa shape index (κ1) is 17.4. The molecule has 0 aliphatic carbocycles. The van der Waals surface area contributed by atoms with E-state index in [9.17, 15) is 4.79 Å². The fourth-order valence-electron chi connectivity index (χ4n) is 1.50. The van der Waals surface area contributed by atoms with Crippen LogP contribution in [0.5, 0.6) is 0 Å². The molecule has 0 saturated carbocycles. The van der Waals surface area contributed by atoms with Crippen LogP contribution in [0.2, 0.25) is 0 Å². The minimum Gasteiger partial charge on any atom is -0.300 e. The molecular weight excluding hydrogens is 232 g/mol. The van der Waals surface area contributed by atoms with E-state index < -0.39 is 0 Å². The Morgan fingerprint density at radius 3 is 2.26 bits per heavy atom. The minimum absolute atomic E-state index is 0.227. The number of Topliss-reactive ketones (excluding diaryl/α,β-unsaturated/α-hetero) is 1. The molecule has 0 aromatic heterocycles. The van der Waals surface area contributed by atoms with Gasteiger partial charge in [-0.05, 0) is 52.5 Å². The van der Waals surface area contributed by atoms with E-state index in [2.05, 4.69) is 38.3 Å². The molecule has 0 rings (SSSR count). The number of hydrogen-bond acceptors (Lipinski definition) is 1. The first-order chi connectivity index (χ1) is 8.91. The average Bonchev–Trinajstić information content (AvgIpc) is 2.27. The van der Waals surface area contributed by atoms with Gasteiger partial charge in [0.25, 0.3) is 0 Å². The molecule has 0 atom stereocenters. The van der Waals surface area contributed by atoms with Crippen LogP contribution in [0.3, 0.4) is 0 Å². The third-order valence-corrected chi connectivity index (χ3v) is 2.62. The highest BCUT2D eigenvalue weighted by Gasteiger charge is 1.92. The van der Waals surface area contributed by atoms with Gasteiger partial charge in [-0.2, -0.15) is 0 Å². The van der Waals surface area contributed by atoms with Gasteiger partial charge in [-0.25, -0.2) is 0 Å². The standard InChI is InChI=1S/C18H26O/c1-15(2)9-6-10-16(3)11-7-12-17(4)13-8-14-18(5)19/h9,13H,3,6,8,10-11,14H2,1-2,4-5H3. The van der Waals surface area contributed by atoms with Gasteiger partial charge in [0, 0.05) is 12.8 Å². The zero-order valence-electron chi connectivity index (χ0n) is 12.8. The highest BCUT2D eigenvalue weighted by Crippen LogP contribution is 2.08. The topological polar surface area (TPSA) is 17.1 Å². The van der Waals surface area contributed by atoms with Gasteiger partial charge in [-0.3, -0.25) is 0 Å². The second kappa shape index (κ2) is 10.4. The molecule has 0 fully saturated rings. The summed E-state index contributed by atoms with van der Waals surface area (Å²) in [5.41, 5.74) is 3.57. The second-order valence-corrected chi connectivity index (χ2v) is 5.18. The summed E-state index contributed by atoms with van der Waals surface area (Å²) in [7, 11) is 0. The van der Waals surface area contributed by atoms with Crippen molar-refractivity contribution in [2.75, 3.05) is 0 Å². The summed E-state index contributed by atoms with van der Waals surface area (Å²) in [4.78, 5) is 10.8. The Bertz CT molecular complexity index is 420. The van der Waals surface area contributed by atoms with Crippen molar-refractivity contribution in [2.45, 2.75) is 59.8 Å². The fourth-order valence-corrected chi connectivity index (χ4v) is 1.50. The van der Waals surface area contributed by atoms with Gasteiger partial charge in [0.05, 0.1) is 0 Å². The summed E-state index contributed by atoms with van der Waals surface area (Å²) in [6.07, 6.45) is 8.47. The highest BCUT2D eigenvalue weighted by molar-refractivity contribution is 5.75. The van der Waals surface area contributed by atoms with Crippen molar-refractivity contribution in [3.8, 4) is 11.8 Å². The predicted molar refractivity (Wildman–Crippen MR) is 83.9 cm³/mol. The van der Waals surface area contributed by atoms with E-state index in [1.807, 2.05) is 13.0 Å². The fraction of sp³-hybridized carbons (Fsp3) is 0.500. The van der Waals surface area contributed by atoms with E-state index in [4.69, 9.17) is 0 Å². The molecule has 0 spiro atoms. The zero-order valence-corrected chi connectivity index (χ0v) is 12.8. The maximum absolute atomic E-state index is 10.8. The molecule has 0 radical (unpaired) electrons. The Labute approximate surface area is 118 Å². The van der Waals surface area contributed by atoms with Crippen molar-refractivity contribution in [3.05, 3.63) is 35.5 Å². The van der Waals surface area contributed by atoms with Gasteiger partial charge in [-0.15, -0.1) is 0 Å². The van der Waals surface area contributed by atoms with Crippen molar-refractivity contribution in [1.82, 2.24) is 0 Å². The second-order valence-electron chi connectivity index (χ2n) is 5.18. The van der Waals surface area contributed by atoms with Gasteiger partial charge in [0.2, 0.25) is 0 Å². The molecule has 1 nitrogen and oxygen atoms in total. The maximum atomic E-state index is 10.8. The predicted octanol–water partition coefficient (Wildman–Crippen LogP) is 5.00. The van der Waals surface area contributed by atoms with E-state index >= 15 is 0 Å². The van der Waals surface area contributed by atoms with E-state index in [-0.39, 0.29) is 5.78 Å². The Balaban J connectivity index is 3.98. The molecule has 0 heterocycles. The number of hydrogen-bond donors (Lipinski definition) is 0. The lowest BCUT2D eigenvalue weighted by Gasteiger charge is -1.98. The number of ketones is 1. The van der Waals surface area contributed by atoms with Gasteiger partial charge in [-0.1, -0.05) is 41.7 Å². The van der Waals surface area contributed by atoms with Crippen molar-refractivity contribution in [2.24, 2.45) is 0 Å². The number of carbonyl (C=O) groups is 1. The average molecular weight is 258 g/mol. The molecule has 19 heavy (non-hydrogen) atoms. The van der Waals surface area contributed by atoms with E-state index in [1.165, 1.54) is 11.1 Å². The third-order valence-electron chi connectivity index (χ3n) is 2.62. The molecule has 0 aliphatic rings. The van der Waals surface area contributed by atoms with Gasteiger partial charge >= 0.3 is 0 Å². The lowest BCUT2D eigenvalue weighted by atomic mass is 10.1. The van der Waals surface area contributed by atoms with Crippen molar-refractivity contribution in [1.29, 1.82) is 0 Å². The summed E-state index contributed by atoms with van der Waals surface area (Å²) >= 11 is 0. The Morgan fingerprint density at radius 1 is 1.05 bits per heavy atom. The zero-order chi connectivity index (χ0) is 14.7. The number of allylic oxidation sites excluding steroid dienone is 5. The van der Waals surface area contributed by atoms with Crippen LogP contribution in [0.4, 0.5) is 0 Å². The monoisotopic (exact) mass is 258 g/mol. The SMILES string of the molecule is C=C(CC#CC(C)=CCCC(C)=O)CCC=C(C)C. The lowest BCUT2D eigenvalue weighted by molar-refractivity contribution is -0.116. The number of carbonyl (C=O) groups excluding carboxylic acids is 1. The van der Waals surface area contributed by atoms with Crippen molar-refractivity contribution in [3.63, 3.8) is 0 Å². The molecule has 0 amide bonds. The Morgan fingerprint density at radius 2 is 1.68 bits per heavy atom. The first-order valence-corrected chi connectivity index (χ1v) is 6.87. The Kier molecular flexibility index (Phi) is 9.53. The maximum Gasteiger partial charge on any atom is 0.130 e. The van der Waals surface area contributed by atoms with Gasteiger partial charge in [0.1, 0.15) is 5.78 Å². The summed E-state index contributed by atoms with van der Waals surface area (Å²) in [6.45, 7) is 11.9.